The second-order valence-electron chi connectivity index (χ2n) is 4.93. The molecule has 0 radical (unpaired) electrons. The average molecular weight is 283 g/mol. The molecule has 0 spiro atoms. The maximum Gasteiger partial charge on any atom is 0.225 e. The van der Waals surface area contributed by atoms with Crippen LogP contribution in [0.2, 0.25) is 0 Å². The second kappa shape index (κ2) is 5.01. The van der Waals surface area contributed by atoms with Gasteiger partial charge < -0.3 is 10.1 Å². The van der Waals surface area contributed by atoms with Gasteiger partial charge in [0.1, 0.15) is 5.75 Å². The molecule has 1 aromatic carbocycles. The average Bonchev–Trinajstić information content (AvgIpc) is 2.50. The summed E-state index contributed by atoms with van der Waals surface area (Å²) in [6.45, 7) is 0. The molecule has 1 aliphatic heterocycles. The first-order valence-corrected chi connectivity index (χ1v) is 6.55. The number of carbonyl (C=O) groups excluding carboxylic acids is 3. The van der Waals surface area contributed by atoms with Gasteiger partial charge in [-0.05, 0) is 29.8 Å². The van der Waals surface area contributed by atoms with E-state index >= 15 is 0 Å². The summed E-state index contributed by atoms with van der Waals surface area (Å²) in [7, 11) is 1.55. The van der Waals surface area contributed by atoms with Crippen LogP contribution in [0.15, 0.2) is 47.7 Å². The molecular weight excluding hydrogens is 270 g/mol. The van der Waals surface area contributed by atoms with Crippen LogP contribution in [0.3, 0.4) is 0 Å². The molecule has 0 aromatic heterocycles. The van der Waals surface area contributed by atoms with E-state index in [0.717, 1.165) is 5.56 Å². The minimum Gasteiger partial charge on any atom is -0.497 e. The van der Waals surface area contributed by atoms with Crippen LogP contribution in [0.5, 0.6) is 5.75 Å². The van der Waals surface area contributed by atoms with Gasteiger partial charge in [-0.2, -0.15) is 0 Å². The van der Waals surface area contributed by atoms with Crippen molar-refractivity contribution in [3.63, 3.8) is 0 Å². The molecule has 5 heteroatoms. The predicted octanol–water partition coefficient (Wildman–Crippen LogP) is 1.26. The van der Waals surface area contributed by atoms with E-state index in [4.69, 9.17) is 4.74 Å². The number of carbonyl (C=O) groups is 3. The number of nitrogens with one attached hydrogen (secondary N) is 1. The lowest BCUT2D eigenvalue weighted by Gasteiger charge is -2.28. The quantitative estimate of drug-likeness (QED) is 0.829. The maximum absolute atomic E-state index is 12.1. The van der Waals surface area contributed by atoms with Gasteiger partial charge in [-0.25, -0.2) is 0 Å². The molecular formula is C16H13NO4. The minimum atomic E-state index is -0.426. The summed E-state index contributed by atoms with van der Waals surface area (Å²) in [6.07, 6.45) is 2.58. The largest absolute Gasteiger partial charge is 0.497 e. The number of benzene rings is 1. The molecule has 21 heavy (non-hydrogen) atoms. The van der Waals surface area contributed by atoms with Crippen LogP contribution in [-0.2, 0) is 14.4 Å². The first-order valence-electron chi connectivity index (χ1n) is 6.55. The number of ether oxygens (including phenoxy) is 1. The molecule has 1 amide bonds. The lowest BCUT2D eigenvalue weighted by molar-refractivity contribution is -0.123. The Bertz CT molecular complexity index is 715. The Kier molecular flexibility index (Phi) is 3.17. The van der Waals surface area contributed by atoms with Crippen LogP contribution in [0.4, 0.5) is 0 Å². The number of rotatable bonds is 2. The van der Waals surface area contributed by atoms with Crippen molar-refractivity contribution in [3.8, 4) is 5.75 Å². The third kappa shape index (κ3) is 2.27. The van der Waals surface area contributed by atoms with Gasteiger partial charge in [0.25, 0.3) is 0 Å². The fourth-order valence-corrected chi connectivity index (χ4v) is 2.68. The highest BCUT2D eigenvalue weighted by molar-refractivity contribution is 6.22. The Hall–Kier alpha value is -2.69. The van der Waals surface area contributed by atoms with Crippen molar-refractivity contribution in [1.29, 1.82) is 0 Å². The summed E-state index contributed by atoms with van der Waals surface area (Å²) >= 11 is 0. The Morgan fingerprint density at radius 1 is 1.14 bits per heavy atom. The minimum absolute atomic E-state index is 0.103. The van der Waals surface area contributed by atoms with Gasteiger partial charge in [0.2, 0.25) is 11.7 Å². The molecule has 1 aliphatic carbocycles. The SMILES string of the molecule is COc1cccc(C2CC(=O)NC3=C2C(=O)C=CC3=O)c1. The number of methoxy groups -OCH3 is 1. The summed E-state index contributed by atoms with van der Waals surface area (Å²) < 4.78 is 5.17. The third-order valence-electron chi connectivity index (χ3n) is 3.67. The van der Waals surface area contributed by atoms with E-state index < -0.39 is 5.92 Å². The molecule has 0 saturated carbocycles. The van der Waals surface area contributed by atoms with Crippen LogP contribution < -0.4 is 10.1 Å². The summed E-state index contributed by atoms with van der Waals surface area (Å²) in [5.74, 6) is -0.628. The zero-order chi connectivity index (χ0) is 15.0. The molecule has 1 N–H and O–H groups in total. The van der Waals surface area contributed by atoms with E-state index in [1.54, 1.807) is 25.3 Å². The molecule has 1 atom stereocenters. The number of ketones is 2. The first-order chi connectivity index (χ1) is 10.1. The van der Waals surface area contributed by atoms with E-state index in [9.17, 15) is 14.4 Å². The fraction of sp³-hybridized carbons (Fsp3) is 0.188. The van der Waals surface area contributed by atoms with Gasteiger partial charge in [-0.15, -0.1) is 0 Å². The standard InChI is InChI=1S/C16H13NO4/c1-21-10-4-2-3-9(7-10)11-8-14(20)17-16-13(19)6-5-12(18)15(11)16/h2-7,11H,8H2,1H3,(H,17,20). The normalized spacial score (nSPS) is 21.2. The van der Waals surface area contributed by atoms with Crippen molar-refractivity contribution in [2.45, 2.75) is 12.3 Å². The molecule has 0 bridgehead atoms. The third-order valence-corrected chi connectivity index (χ3v) is 3.67. The van der Waals surface area contributed by atoms with Gasteiger partial charge in [0.05, 0.1) is 12.8 Å². The lowest BCUT2D eigenvalue weighted by Crippen LogP contribution is -2.38. The van der Waals surface area contributed by atoms with Crippen molar-refractivity contribution < 1.29 is 19.1 Å². The topological polar surface area (TPSA) is 72.5 Å². The number of hydrogen-bond acceptors (Lipinski definition) is 4. The fourth-order valence-electron chi connectivity index (χ4n) is 2.68. The second-order valence-corrected chi connectivity index (χ2v) is 4.93. The molecule has 106 valence electrons. The van der Waals surface area contributed by atoms with E-state index in [2.05, 4.69) is 5.32 Å². The van der Waals surface area contributed by atoms with Gasteiger partial charge in [0.15, 0.2) is 5.78 Å². The monoisotopic (exact) mass is 283 g/mol. The Labute approximate surface area is 121 Å². The van der Waals surface area contributed by atoms with E-state index in [0.29, 0.717) is 11.3 Å². The Morgan fingerprint density at radius 3 is 2.67 bits per heavy atom. The molecule has 1 heterocycles. The highest BCUT2D eigenvalue weighted by Gasteiger charge is 2.36. The summed E-state index contributed by atoms with van der Waals surface area (Å²) in [6, 6.07) is 7.19. The number of hydrogen-bond donors (Lipinski definition) is 1. The van der Waals surface area contributed by atoms with E-state index in [-0.39, 0.29) is 29.6 Å². The van der Waals surface area contributed by atoms with Crippen LogP contribution in [0.1, 0.15) is 17.9 Å². The van der Waals surface area contributed by atoms with Crippen LogP contribution in [-0.4, -0.2) is 24.6 Å². The molecule has 2 aliphatic rings. The van der Waals surface area contributed by atoms with Crippen molar-refractivity contribution in [3.05, 3.63) is 53.3 Å². The summed E-state index contributed by atoms with van der Waals surface area (Å²) in [5, 5.41) is 2.51. The molecule has 0 saturated heterocycles. The molecule has 1 aromatic rings. The van der Waals surface area contributed by atoms with Crippen LogP contribution in [0.25, 0.3) is 0 Å². The van der Waals surface area contributed by atoms with Gasteiger partial charge in [0, 0.05) is 17.9 Å². The Balaban J connectivity index is 2.11. The summed E-state index contributed by atoms with van der Waals surface area (Å²) in [5.41, 5.74) is 1.25. The van der Waals surface area contributed by atoms with E-state index in [1.165, 1.54) is 12.2 Å². The summed E-state index contributed by atoms with van der Waals surface area (Å²) in [4.78, 5) is 35.9. The predicted molar refractivity (Wildman–Crippen MR) is 74.7 cm³/mol. The number of amides is 1. The van der Waals surface area contributed by atoms with Gasteiger partial charge in [-0.1, -0.05) is 12.1 Å². The highest BCUT2D eigenvalue weighted by Crippen LogP contribution is 2.36. The smallest absolute Gasteiger partial charge is 0.225 e. The number of allylic oxidation sites excluding steroid dienone is 3. The highest BCUT2D eigenvalue weighted by atomic mass is 16.5. The molecule has 5 nitrogen and oxygen atoms in total. The Morgan fingerprint density at radius 2 is 1.90 bits per heavy atom. The van der Waals surface area contributed by atoms with Gasteiger partial charge in [-0.3, -0.25) is 14.4 Å². The molecule has 1 unspecified atom stereocenters. The first kappa shape index (κ1) is 13.3. The zero-order valence-corrected chi connectivity index (χ0v) is 11.4. The zero-order valence-electron chi connectivity index (χ0n) is 11.4. The van der Waals surface area contributed by atoms with Gasteiger partial charge >= 0.3 is 0 Å². The van der Waals surface area contributed by atoms with Crippen molar-refractivity contribution in [2.75, 3.05) is 7.11 Å². The molecule has 3 rings (SSSR count). The molecule has 0 fully saturated rings. The maximum atomic E-state index is 12.1. The van der Waals surface area contributed by atoms with Crippen LogP contribution in [0, 0.1) is 0 Å². The van der Waals surface area contributed by atoms with Crippen molar-refractivity contribution in [1.82, 2.24) is 5.32 Å². The van der Waals surface area contributed by atoms with Crippen molar-refractivity contribution >= 4 is 17.5 Å². The lowest BCUT2D eigenvalue weighted by atomic mass is 9.79. The van der Waals surface area contributed by atoms with E-state index in [1.807, 2.05) is 6.07 Å². The van der Waals surface area contributed by atoms with Crippen LogP contribution >= 0.6 is 0 Å². The van der Waals surface area contributed by atoms with Crippen molar-refractivity contribution in [2.24, 2.45) is 0 Å².